The van der Waals surface area contributed by atoms with Gasteiger partial charge in [-0.15, -0.1) is 5.10 Å². The van der Waals surface area contributed by atoms with Crippen LogP contribution in [0.5, 0.6) is 17.2 Å². The highest BCUT2D eigenvalue weighted by Gasteiger charge is 2.42. The fourth-order valence-corrected chi connectivity index (χ4v) is 4.99. The highest BCUT2D eigenvalue weighted by molar-refractivity contribution is 6.00. The van der Waals surface area contributed by atoms with Gasteiger partial charge in [0.25, 0.3) is 0 Å². The molecule has 0 saturated heterocycles. The molecule has 1 aromatic heterocycles. The zero-order valence-electron chi connectivity index (χ0n) is 20.7. The Labute approximate surface area is 204 Å². The summed E-state index contributed by atoms with van der Waals surface area (Å²) in [5.74, 6) is 3.19. The number of carbonyl (C=O) groups excluding carboxylic acids is 1. The first kappa shape index (κ1) is 23.0. The number of ether oxygens (including phenoxy) is 3. The van der Waals surface area contributed by atoms with Crippen LogP contribution in [0.1, 0.15) is 45.2 Å². The molecule has 182 valence electrons. The van der Waals surface area contributed by atoms with Gasteiger partial charge in [0.05, 0.1) is 26.4 Å². The average molecular weight is 475 g/mol. The lowest BCUT2D eigenvalue weighted by molar-refractivity contribution is -0.118. The van der Waals surface area contributed by atoms with Crippen LogP contribution >= 0.6 is 0 Å². The molecule has 0 saturated carbocycles. The summed E-state index contributed by atoms with van der Waals surface area (Å²) in [5.41, 5.74) is 3.14. The first-order chi connectivity index (χ1) is 16.8. The Morgan fingerprint density at radius 2 is 1.83 bits per heavy atom. The van der Waals surface area contributed by atoms with Crippen molar-refractivity contribution in [1.82, 2.24) is 14.8 Å². The molecule has 0 spiro atoms. The summed E-state index contributed by atoms with van der Waals surface area (Å²) < 4.78 is 18.7. The molecule has 8 heteroatoms. The second kappa shape index (κ2) is 8.76. The summed E-state index contributed by atoms with van der Waals surface area (Å²) in [6.45, 7) is 6.69. The predicted octanol–water partition coefficient (Wildman–Crippen LogP) is 5.02. The van der Waals surface area contributed by atoms with Crippen molar-refractivity contribution >= 4 is 11.7 Å². The topological polar surface area (TPSA) is 87.5 Å². The molecule has 5 rings (SSSR count). The third-order valence-electron chi connectivity index (χ3n) is 6.48. The van der Waals surface area contributed by atoms with Gasteiger partial charge in [-0.2, -0.15) is 4.98 Å². The largest absolute Gasteiger partial charge is 0.496 e. The van der Waals surface area contributed by atoms with Gasteiger partial charge >= 0.3 is 0 Å². The van der Waals surface area contributed by atoms with Crippen molar-refractivity contribution in [3.63, 3.8) is 0 Å². The van der Waals surface area contributed by atoms with Crippen LogP contribution in [0.15, 0.2) is 53.7 Å². The van der Waals surface area contributed by atoms with Crippen molar-refractivity contribution in [3.05, 3.63) is 59.3 Å². The van der Waals surface area contributed by atoms with Crippen LogP contribution in [0.3, 0.4) is 0 Å². The van der Waals surface area contributed by atoms with Gasteiger partial charge in [0.1, 0.15) is 11.8 Å². The number of allylic oxidation sites excluding steroid dienone is 2. The van der Waals surface area contributed by atoms with Gasteiger partial charge in [0, 0.05) is 17.7 Å². The Kier molecular flexibility index (Phi) is 5.75. The average Bonchev–Trinajstić information content (AvgIpc) is 3.26. The minimum Gasteiger partial charge on any atom is -0.496 e. The minimum atomic E-state index is -0.439. The number of nitrogens with one attached hydrogen (secondary N) is 1. The number of hydrogen-bond donors (Lipinski definition) is 1. The number of nitrogens with zero attached hydrogens (tertiary/aromatic N) is 3. The molecule has 2 heterocycles. The van der Waals surface area contributed by atoms with E-state index in [0.29, 0.717) is 42.0 Å². The lowest BCUT2D eigenvalue weighted by Gasteiger charge is -2.38. The summed E-state index contributed by atoms with van der Waals surface area (Å²) in [5, 5.41) is 8.29. The van der Waals surface area contributed by atoms with Crippen LogP contribution in [-0.2, 0) is 4.79 Å². The van der Waals surface area contributed by atoms with Crippen LogP contribution in [0, 0.1) is 5.41 Å². The van der Waals surface area contributed by atoms with E-state index in [1.165, 1.54) is 0 Å². The standard InChI is InChI=1S/C27H30N4O4/c1-6-35-21-12-11-16(13-22(21)34-5)24-23-18(14-27(2,3)15-19(23)32)28-26-29-25(30-31(24)26)17-9-7-8-10-20(17)33-4/h7-13,24H,6,14-15H2,1-5H3,(H,28,29,30). The molecule has 0 radical (unpaired) electrons. The molecule has 1 aliphatic heterocycles. The maximum Gasteiger partial charge on any atom is 0.226 e. The Bertz CT molecular complexity index is 1320. The van der Waals surface area contributed by atoms with E-state index in [1.807, 2.05) is 49.4 Å². The number of ketones is 1. The van der Waals surface area contributed by atoms with Gasteiger partial charge in [0.2, 0.25) is 5.95 Å². The van der Waals surface area contributed by atoms with Crippen molar-refractivity contribution in [1.29, 1.82) is 0 Å². The highest BCUT2D eigenvalue weighted by Crippen LogP contribution is 2.47. The Morgan fingerprint density at radius 1 is 1.06 bits per heavy atom. The van der Waals surface area contributed by atoms with Crippen molar-refractivity contribution < 1.29 is 19.0 Å². The molecular formula is C27H30N4O4. The zero-order valence-corrected chi connectivity index (χ0v) is 20.7. The minimum absolute atomic E-state index is 0.113. The number of Topliss-reactive ketones (excluding diaryl/α,β-unsaturated/α-hetero) is 1. The van der Waals surface area contributed by atoms with E-state index in [0.717, 1.165) is 28.8 Å². The predicted molar refractivity (Wildman–Crippen MR) is 133 cm³/mol. The Balaban J connectivity index is 1.69. The molecule has 8 nitrogen and oxygen atoms in total. The molecule has 0 bridgehead atoms. The lowest BCUT2D eigenvalue weighted by Crippen LogP contribution is -2.36. The number of carbonyl (C=O) groups is 1. The summed E-state index contributed by atoms with van der Waals surface area (Å²) in [7, 11) is 3.24. The van der Waals surface area contributed by atoms with Gasteiger partial charge in [-0.25, -0.2) is 4.68 Å². The number of para-hydroxylation sites is 1. The maximum atomic E-state index is 13.5. The van der Waals surface area contributed by atoms with E-state index in [-0.39, 0.29) is 11.2 Å². The van der Waals surface area contributed by atoms with Crippen molar-refractivity contribution in [3.8, 4) is 28.6 Å². The van der Waals surface area contributed by atoms with E-state index in [9.17, 15) is 4.79 Å². The molecule has 35 heavy (non-hydrogen) atoms. The fourth-order valence-electron chi connectivity index (χ4n) is 4.99. The Morgan fingerprint density at radius 3 is 2.57 bits per heavy atom. The number of rotatable bonds is 6. The summed E-state index contributed by atoms with van der Waals surface area (Å²) in [6, 6.07) is 13.0. The number of anilines is 1. The van der Waals surface area contributed by atoms with Gasteiger partial charge < -0.3 is 19.5 Å². The van der Waals surface area contributed by atoms with Crippen LogP contribution in [0.25, 0.3) is 11.4 Å². The number of hydrogen-bond acceptors (Lipinski definition) is 7. The van der Waals surface area contributed by atoms with Crippen LogP contribution in [0.4, 0.5) is 5.95 Å². The van der Waals surface area contributed by atoms with Gasteiger partial charge in [0.15, 0.2) is 23.1 Å². The zero-order chi connectivity index (χ0) is 24.7. The van der Waals surface area contributed by atoms with Gasteiger partial charge in [-0.3, -0.25) is 4.79 Å². The molecule has 3 aromatic rings. The number of benzene rings is 2. The molecule has 0 fully saturated rings. The SMILES string of the molecule is CCOc1ccc(C2C3=C(CC(C)(C)CC3=O)Nc3nc(-c4ccccc4OC)nn32)cc1OC. The quantitative estimate of drug-likeness (QED) is 0.537. The molecule has 1 unspecified atom stereocenters. The van der Waals surface area contributed by atoms with Crippen LogP contribution < -0.4 is 19.5 Å². The van der Waals surface area contributed by atoms with E-state index >= 15 is 0 Å². The Hall–Kier alpha value is -3.81. The first-order valence-electron chi connectivity index (χ1n) is 11.8. The monoisotopic (exact) mass is 474 g/mol. The highest BCUT2D eigenvalue weighted by atomic mass is 16.5. The van der Waals surface area contributed by atoms with Crippen LogP contribution in [-0.4, -0.2) is 41.4 Å². The molecule has 0 amide bonds. The smallest absolute Gasteiger partial charge is 0.226 e. The molecular weight excluding hydrogens is 444 g/mol. The molecule has 1 N–H and O–H groups in total. The van der Waals surface area contributed by atoms with Crippen molar-refractivity contribution in [2.75, 3.05) is 26.1 Å². The molecule has 2 aliphatic rings. The van der Waals surface area contributed by atoms with E-state index in [1.54, 1.807) is 18.9 Å². The third-order valence-corrected chi connectivity index (χ3v) is 6.48. The third kappa shape index (κ3) is 4.03. The first-order valence-corrected chi connectivity index (χ1v) is 11.8. The normalized spacial score (nSPS) is 18.4. The molecule has 1 atom stereocenters. The van der Waals surface area contributed by atoms with Crippen molar-refractivity contribution in [2.45, 2.75) is 39.7 Å². The van der Waals surface area contributed by atoms with E-state index < -0.39 is 6.04 Å². The number of methoxy groups -OCH3 is 2. The lowest BCUT2D eigenvalue weighted by atomic mass is 9.73. The van der Waals surface area contributed by atoms with E-state index in [2.05, 4.69) is 19.2 Å². The van der Waals surface area contributed by atoms with Crippen LogP contribution in [0.2, 0.25) is 0 Å². The summed E-state index contributed by atoms with van der Waals surface area (Å²) >= 11 is 0. The number of aromatic nitrogens is 3. The van der Waals surface area contributed by atoms with Gasteiger partial charge in [-0.05, 0) is 48.6 Å². The molecule has 1 aliphatic carbocycles. The second-order valence-corrected chi connectivity index (χ2v) is 9.61. The maximum absolute atomic E-state index is 13.5. The van der Waals surface area contributed by atoms with Gasteiger partial charge in [-0.1, -0.05) is 32.0 Å². The molecule has 2 aromatic carbocycles. The number of fused-ring (bicyclic) bond motifs is 1. The second-order valence-electron chi connectivity index (χ2n) is 9.61. The fraction of sp³-hybridized carbons (Fsp3) is 0.370. The summed E-state index contributed by atoms with van der Waals surface area (Å²) in [4.78, 5) is 18.3. The van der Waals surface area contributed by atoms with Crippen molar-refractivity contribution in [2.24, 2.45) is 5.41 Å². The summed E-state index contributed by atoms with van der Waals surface area (Å²) in [6.07, 6.45) is 1.22. The van der Waals surface area contributed by atoms with E-state index in [4.69, 9.17) is 24.3 Å².